The Kier molecular flexibility index (Phi) is 5.53. The Hall–Kier alpha value is -3.39. The monoisotopic (exact) mass is 448 g/mol. The molecule has 1 amide bonds. The van der Waals surface area contributed by atoms with E-state index in [1.165, 1.54) is 0 Å². The van der Waals surface area contributed by atoms with Crippen molar-refractivity contribution >= 4 is 33.3 Å². The number of hydrogen-bond acceptors (Lipinski definition) is 6. The van der Waals surface area contributed by atoms with Crippen LogP contribution in [0, 0.1) is 0 Å². The SMILES string of the molecule is CCCCOc1ccc(C2CC(=O)Nc3c2cnn3-c2nc3ccccc3s2)cc1OC. The van der Waals surface area contributed by atoms with Crippen molar-refractivity contribution in [3.63, 3.8) is 0 Å². The molecule has 1 N–H and O–H groups in total. The van der Waals surface area contributed by atoms with Gasteiger partial charge in [-0.1, -0.05) is 42.9 Å². The largest absolute Gasteiger partial charge is 0.493 e. The number of methoxy groups -OCH3 is 1. The summed E-state index contributed by atoms with van der Waals surface area (Å²) < 4.78 is 14.2. The Labute approximate surface area is 190 Å². The van der Waals surface area contributed by atoms with E-state index in [-0.39, 0.29) is 11.8 Å². The molecule has 1 atom stereocenters. The molecule has 0 spiro atoms. The number of fused-ring (bicyclic) bond motifs is 2. The van der Waals surface area contributed by atoms with Crippen LogP contribution in [0.25, 0.3) is 15.3 Å². The van der Waals surface area contributed by atoms with Gasteiger partial charge in [-0.25, -0.2) is 4.98 Å². The van der Waals surface area contributed by atoms with Crippen LogP contribution in [0.4, 0.5) is 5.82 Å². The second-order valence-corrected chi connectivity index (χ2v) is 8.75. The maximum absolute atomic E-state index is 12.6. The number of hydrogen-bond donors (Lipinski definition) is 1. The Bertz CT molecular complexity index is 1250. The lowest BCUT2D eigenvalue weighted by atomic mass is 9.87. The molecule has 1 aliphatic rings. The molecule has 164 valence electrons. The number of para-hydroxylation sites is 1. The van der Waals surface area contributed by atoms with Gasteiger partial charge in [-0.15, -0.1) is 0 Å². The maximum Gasteiger partial charge on any atom is 0.226 e. The first kappa shape index (κ1) is 20.5. The fourth-order valence-electron chi connectivity index (χ4n) is 3.96. The lowest BCUT2D eigenvalue weighted by Crippen LogP contribution is -2.24. The van der Waals surface area contributed by atoms with E-state index in [9.17, 15) is 4.79 Å². The Morgan fingerprint density at radius 2 is 2.09 bits per heavy atom. The van der Waals surface area contributed by atoms with E-state index >= 15 is 0 Å². The number of nitrogens with one attached hydrogen (secondary N) is 1. The lowest BCUT2D eigenvalue weighted by Gasteiger charge is -2.24. The van der Waals surface area contributed by atoms with Crippen LogP contribution in [0.2, 0.25) is 0 Å². The molecule has 0 aliphatic carbocycles. The molecule has 4 aromatic rings. The first-order chi connectivity index (χ1) is 15.7. The highest BCUT2D eigenvalue weighted by molar-refractivity contribution is 7.20. The average Bonchev–Trinajstić information content (AvgIpc) is 3.42. The normalized spacial score (nSPS) is 15.4. The number of ether oxygens (including phenoxy) is 2. The van der Waals surface area contributed by atoms with Crippen molar-refractivity contribution in [2.45, 2.75) is 32.1 Å². The zero-order chi connectivity index (χ0) is 22.1. The topological polar surface area (TPSA) is 78.3 Å². The lowest BCUT2D eigenvalue weighted by molar-refractivity contribution is -0.116. The van der Waals surface area contributed by atoms with Crippen LogP contribution in [-0.4, -0.2) is 34.4 Å². The van der Waals surface area contributed by atoms with E-state index in [1.807, 2.05) is 48.7 Å². The van der Waals surface area contributed by atoms with Crippen molar-refractivity contribution in [2.75, 3.05) is 19.0 Å². The second-order valence-electron chi connectivity index (χ2n) is 7.74. The van der Waals surface area contributed by atoms with Crippen molar-refractivity contribution < 1.29 is 14.3 Å². The summed E-state index contributed by atoms with van der Waals surface area (Å²) in [6, 6.07) is 13.9. The molecule has 0 fully saturated rings. The number of benzene rings is 2. The van der Waals surface area contributed by atoms with Gasteiger partial charge in [0.15, 0.2) is 11.5 Å². The Morgan fingerprint density at radius 3 is 2.91 bits per heavy atom. The number of carbonyl (C=O) groups is 1. The molecule has 2 aromatic heterocycles. The van der Waals surface area contributed by atoms with E-state index in [4.69, 9.17) is 14.5 Å². The summed E-state index contributed by atoms with van der Waals surface area (Å²) in [6.45, 7) is 2.78. The van der Waals surface area contributed by atoms with Gasteiger partial charge in [-0.05, 0) is 36.2 Å². The smallest absolute Gasteiger partial charge is 0.226 e. The fourth-order valence-corrected chi connectivity index (χ4v) is 4.89. The summed E-state index contributed by atoms with van der Waals surface area (Å²) in [5, 5.41) is 8.30. The molecule has 7 nitrogen and oxygen atoms in total. The highest BCUT2D eigenvalue weighted by atomic mass is 32.1. The predicted molar refractivity (Wildman–Crippen MR) is 125 cm³/mol. The third kappa shape index (κ3) is 3.71. The van der Waals surface area contributed by atoms with Gasteiger partial charge in [0.2, 0.25) is 11.0 Å². The predicted octanol–water partition coefficient (Wildman–Crippen LogP) is 5.14. The zero-order valence-electron chi connectivity index (χ0n) is 18.0. The molecular formula is C24H24N4O3S. The van der Waals surface area contributed by atoms with Crippen LogP contribution >= 0.6 is 11.3 Å². The van der Waals surface area contributed by atoms with Gasteiger partial charge in [0.1, 0.15) is 5.82 Å². The van der Waals surface area contributed by atoms with Gasteiger partial charge in [0.05, 0.1) is 30.1 Å². The van der Waals surface area contributed by atoms with Gasteiger partial charge in [0.25, 0.3) is 0 Å². The number of nitrogens with zero attached hydrogens (tertiary/aromatic N) is 3. The molecule has 1 aliphatic heterocycles. The molecule has 0 bridgehead atoms. The molecule has 8 heteroatoms. The van der Waals surface area contributed by atoms with Crippen molar-refractivity contribution in [1.29, 1.82) is 0 Å². The average molecular weight is 449 g/mol. The summed E-state index contributed by atoms with van der Waals surface area (Å²) >= 11 is 1.55. The number of anilines is 1. The van der Waals surface area contributed by atoms with E-state index in [0.29, 0.717) is 24.6 Å². The summed E-state index contributed by atoms with van der Waals surface area (Å²) in [7, 11) is 1.63. The minimum atomic E-state index is -0.125. The molecule has 0 saturated carbocycles. The van der Waals surface area contributed by atoms with E-state index in [1.54, 1.807) is 23.1 Å². The van der Waals surface area contributed by atoms with Gasteiger partial charge >= 0.3 is 0 Å². The number of rotatable bonds is 7. The van der Waals surface area contributed by atoms with Crippen molar-refractivity contribution in [2.24, 2.45) is 0 Å². The number of thiazole rings is 1. The summed E-state index contributed by atoms with van der Waals surface area (Å²) in [5.74, 6) is 1.89. The van der Waals surface area contributed by atoms with Crippen molar-refractivity contribution in [1.82, 2.24) is 14.8 Å². The number of carbonyl (C=O) groups excluding carboxylic acids is 1. The highest BCUT2D eigenvalue weighted by Crippen LogP contribution is 2.41. The van der Waals surface area contributed by atoms with Crippen LogP contribution in [0.3, 0.4) is 0 Å². The molecule has 0 radical (unpaired) electrons. The van der Waals surface area contributed by atoms with Crippen LogP contribution < -0.4 is 14.8 Å². The zero-order valence-corrected chi connectivity index (χ0v) is 18.8. The standard InChI is InChI=1S/C24H24N4O3S/c1-3-4-11-31-19-10-9-15(12-20(19)30-2)16-13-22(29)27-23-17(16)14-25-28(23)24-26-18-7-5-6-8-21(18)32-24/h5-10,12,14,16H,3-4,11,13H2,1-2H3,(H,27,29). The van der Waals surface area contributed by atoms with Gasteiger partial charge in [-0.3, -0.25) is 4.79 Å². The van der Waals surface area contributed by atoms with Gasteiger partial charge in [0, 0.05) is 17.9 Å². The van der Waals surface area contributed by atoms with Gasteiger partial charge in [-0.2, -0.15) is 9.78 Å². The van der Waals surface area contributed by atoms with Crippen LogP contribution in [-0.2, 0) is 4.79 Å². The van der Waals surface area contributed by atoms with Crippen LogP contribution in [0.5, 0.6) is 11.5 Å². The van der Waals surface area contributed by atoms with Crippen LogP contribution in [0.1, 0.15) is 43.2 Å². The summed E-state index contributed by atoms with van der Waals surface area (Å²) in [4.78, 5) is 17.3. The molecule has 2 aromatic carbocycles. The summed E-state index contributed by atoms with van der Waals surface area (Å²) in [6.07, 6.45) is 4.22. The fraction of sp³-hybridized carbons (Fsp3) is 0.292. The molecule has 3 heterocycles. The quantitative estimate of drug-likeness (QED) is 0.396. The number of aromatic nitrogens is 3. The highest BCUT2D eigenvalue weighted by Gasteiger charge is 2.31. The summed E-state index contributed by atoms with van der Waals surface area (Å²) in [5.41, 5.74) is 2.87. The van der Waals surface area contributed by atoms with Crippen LogP contribution in [0.15, 0.2) is 48.7 Å². The molecule has 0 saturated heterocycles. The first-order valence-corrected chi connectivity index (χ1v) is 11.5. The molecule has 5 rings (SSSR count). The molecule has 1 unspecified atom stereocenters. The first-order valence-electron chi connectivity index (χ1n) is 10.7. The third-order valence-electron chi connectivity index (χ3n) is 5.63. The number of unbranched alkanes of at least 4 members (excludes halogenated alkanes) is 1. The second kappa shape index (κ2) is 8.63. The minimum Gasteiger partial charge on any atom is -0.493 e. The van der Waals surface area contributed by atoms with E-state index in [2.05, 4.69) is 17.3 Å². The molecule has 32 heavy (non-hydrogen) atoms. The van der Waals surface area contributed by atoms with Gasteiger partial charge < -0.3 is 14.8 Å². The minimum absolute atomic E-state index is 0.0485. The van der Waals surface area contributed by atoms with Crippen molar-refractivity contribution in [3.8, 4) is 16.6 Å². The van der Waals surface area contributed by atoms with E-state index < -0.39 is 0 Å². The van der Waals surface area contributed by atoms with E-state index in [0.717, 1.165) is 45.1 Å². The molecular weight excluding hydrogens is 424 g/mol. The third-order valence-corrected chi connectivity index (χ3v) is 6.64. The van der Waals surface area contributed by atoms with Crippen molar-refractivity contribution in [3.05, 3.63) is 59.8 Å². The number of amides is 1. The maximum atomic E-state index is 12.6. The Morgan fingerprint density at radius 1 is 1.22 bits per heavy atom. The Balaban J connectivity index is 1.51.